The smallest absolute Gasteiger partial charge is 0.311 e. The summed E-state index contributed by atoms with van der Waals surface area (Å²) >= 11 is 0. The first kappa shape index (κ1) is 26.7. The fourth-order valence-electron chi connectivity index (χ4n) is 4.77. The first-order valence-electron chi connectivity index (χ1n) is 12.9. The molecule has 1 aromatic heterocycles. The van der Waals surface area contributed by atoms with E-state index in [1.807, 2.05) is 6.07 Å². The lowest BCUT2D eigenvalue weighted by atomic mass is 9.88. The predicted molar refractivity (Wildman–Crippen MR) is 148 cm³/mol. The summed E-state index contributed by atoms with van der Waals surface area (Å²) in [6.45, 7) is -0.564. The van der Waals surface area contributed by atoms with Crippen LogP contribution in [0.1, 0.15) is 49.4 Å². The summed E-state index contributed by atoms with van der Waals surface area (Å²) in [6, 6.07) is 16.8. The summed E-state index contributed by atoms with van der Waals surface area (Å²) in [5.74, 6) is -0.765. The topological polar surface area (TPSA) is 129 Å². The molecule has 4 aromatic rings. The quantitative estimate of drug-likeness (QED) is 0.180. The number of aromatic nitrogens is 2. The summed E-state index contributed by atoms with van der Waals surface area (Å²) in [6.07, 6.45) is 6.41. The van der Waals surface area contributed by atoms with Gasteiger partial charge in [-0.25, -0.2) is 9.37 Å². The second kappa shape index (κ2) is 11.9. The third-order valence-electron chi connectivity index (χ3n) is 6.76. The van der Waals surface area contributed by atoms with Gasteiger partial charge in [0.1, 0.15) is 11.6 Å². The van der Waals surface area contributed by atoms with Gasteiger partial charge in [-0.3, -0.25) is 19.7 Å². The van der Waals surface area contributed by atoms with Gasteiger partial charge >= 0.3 is 5.69 Å². The maximum Gasteiger partial charge on any atom is 0.311 e. The summed E-state index contributed by atoms with van der Waals surface area (Å²) in [7, 11) is 0. The largest absolute Gasteiger partial charge is 0.477 e. The van der Waals surface area contributed by atoms with Crippen molar-refractivity contribution in [3.63, 3.8) is 0 Å². The molecule has 0 spiro atoms. The van der Waals surface area contributed by atoms with Gasteiger partial charge in [-0.05, 0) is 49.2 Å². The highest BCUT2D eigenvalue weighted by Gasteiger charge is 2.23. The second-order valence-corrected chi connectivity index (χ2v) is 9.48. The summed E-state index contributed by atoms with van der Waals surface area (Å²) < 4.78 is 20.4. The van der Waals surface area contributed by atoms with Gasteiger partial charge in [-0.15, -0.1) is 0 Å². The number of nitro benzene ring substituents is 1. The molecule has 1 N–H and O–H groups in total. The Morgan fingerprint density at radius 3 is 2.65 bits per heavy atom. The summed E-state index contributed by atoms with van der Waals surface area (Å²) in [5.41, 5.74) is 0.236. The first-order chi connectivity index (χ1) is 19.4. The minimum Gasteiger partial charge on any atom is -0.477 e. The second-order valence-electron chi connectivity index (χ2n) is 9.48. The molecule has 0 unspecified atom stereocenters. The van der Waals surface area contributed by atoms with Crippen molar-refractivity contribution in [2.24, 2.45) is 5.10 Å². The number of anilines is 1. The number of hydrogen-bond donors (Lipinski definition) is 1. The number of para-hydroxylation sites is 2. The third-order valence-corrected chi connectivity index (χ3v) is 6.76. The van der Waals surface area contributed by atoms with E-state index in [9.17, 15) is 24.1 Å². The molecular weight excluding hydrogens is 517 g/mol. The average molecular weight is 544 g/mol. The van der Waals surface area contributed by atoms with Crippen LogP contribution in [0.3, 0.4) is 0 Å². The fourth-order valence-corrected chi connectivity index (χ4v) is 4.77. The third kappa shape index (κ3) is 5.88. The average Bonchev–Trinajstić information content (AvgIpc) is 2.97. The van der Waals surface area contributed by atoms with Crippen LogP contribution in [0.15, 0.2) is 76.6 Å². The number of carbonyl (C=O) groups excluding carboxylic acids is 1. The van der Waals surface area contributed by atoms with Gasteiger partial charge in [0.2, 0.25) is 0 Å². The van der Waals surface area contributed by atoms with E-state index in [1.165, 1.54) is 47.3 Å². The molecule has 5 rings (SSSR count). The lowest BCUT2D eigenvalue weighted by Crippen LogP contribution is -2.25. The molecule has 1 heterocycles. The number of fused-ring (bicyclic) bond motifs is 1. The molecule has 1 aliphatic carbocycles. The molecular formula is C29H26FN5O5. The Morgan fingerprint density at radius 2 is 1.88 bits per heavy atom. The molecule has 11 heteroatoms. The van der Waals surface area contributed by atoms with Crippen molar-refractivity contribution in [3.05, 3.63) is 104 Å². The van der Waals surface area contributed by atoms with E-state index in [0.717, 1.165) is 32.1 Å². The van der Waals surface area contributed by atoms with Crippen LogP contribution in [0.25, 0.3) is 10.9 Å². The number of ether oxygens (including phenoxy) is 1. The molecule has 0 saturated heterocycles. The van der Waals surface area contributed by atoms with Gasteiger partial charge in [0.25, 0.3) is 11.5 Å². The highest BCUT2D eigenvalue weighted by molar-refractivity contribution is 5.92. The van der Waals surface area contributed by atoms with E-state index in [4.69, 9.17) is 9.72 Å². The molecule has 3 aromatic carbocycles. The molecule has 1 amide bonds. The number of rotatable bonds is 8. The number of hydrogen-bond acceptors (Lipinski definition) is 7. The molecule has 0 atom stereocenters. The number of amides is 1. The Bertz CT molecular complexity index is 1660. The maximum atomic E-state index is 13.8. The Morgan fingerprint density at radius 1 is 1.12 bits per heavy atom. The lowest BCUT2D eigenvalue weighted by Gasteiger charge is -2.22. The maximum absolute atomic E-state index is 13.8. The van der Waals surface area contributed by atoms with Gasteiger partial charge < -0.3 is 10.1 Å². The SMILES string of the molecule is O=C(COc1ccc(C=Nn2c(C3CCCCC3)nc3ccccc3c2=O)cc1[N+](=O)[O-])Nc1ccccc1F. The van der Waals surface area contributed by atoms with E-state index >= 15 is 0 Å². The van der Waals surface area contributed by atoms with E-state index in [0.29, 0.717) is 22.3 Å². The number of nitrogens with one attached hydrogen (secondary N) is 1. The van der Waals surface area contributed by atoms with Gasteiger partial charge in [-0.1, -0.05) is 43.5 Å². The van der Waals surface area contributed by atoms with Gasteiger partial charge in [0, 0.05) is 17.5 Å². The molecule has 10 nitrogen and oxygen atoms in total. The van der Waals surface area contributed by atoms with Gasteiger partial charge in [0.15, 0.2) is 12.4 Å². The van der Waals surface area contributed by atoms with Crippen LogP contribution in [0.5, 0.6) is 5.75 Å². The molecule has 0 aliphatic heterocycles. The monoisotopic (exact) mass is 543 g/mol. The van der Waals surface area contributed by atoms with Crippen molar-refractivity contribution in [1.29, 1.82) is 0 Å². The van der Waals surface area contributed by atoms with Crippen LogP contribution >= 0.6 is 0 Å². The van der Waals surface area contributed by atoms with Crippen molar-refractivity contribution < 1.29 is 18.8 Å². The van der Waals surface area contributed by atoms with Crippen molar-refractivity contribution in [3.8, 4) is 5.75 Å². The molecule has 1 fully saturated rings. The highest BCUT2D eigenvalue weighted by Crippen LogP contribution is 2.32. The van der Waals surface area contributed by atoms with Gasteiger partial charge in [0.05, 0.1) is 27.7 Å². The summed E-state index contributed by atoms with van der Waals surface area (Å²) in [5, 5.41) is 19.0. The van der Waals surface area contributed by atoms with Crippen LogP contribution in [0.4, 0.5) is 15.8 Å². The van der Waals surface area contributed by atoms with Crippen LogP contribution in [0.2, 0.25) is 0 Å². The van der Waals surface area contributed by atoms with Crippen molar-refractivity contribution in [2.45, 2.75) is 38.0 Å². The number of carbonyl (C=O) groups is 1. The van der Waals surface area contributed by atoms with E-state index in [-0.39, 0.29) is 28.6 Å². The Labute approximate surface area is 228 Å². The van der Waals surface area contributed by atoms with Crippen LogP contribution < -0.4 is 15.6 Å². The fraction of sp³-hybridized carbons (Fsp3) is 0.241. The van der Waals surface area contributed by atoms with Crippen molar-refractivity contribution in [2.75, 3.05) is 11.9 Å². The van der Waals surface area contributed by atoms with Crippen LogP contribution in [0, 0.1) is 15.9 Å². The minimum atomic E-state index is -0.677. The molecule has 1 saturated carbocycles. The molecule has 0 bridgehead atoms. The van der Waals surface area contributed by atoms with Crippen LogP contribution in [-0.4, -0.2) is 33.3 Å². The summed E-state index contributed by atoms with van der Waals surface area (Å²) in [4.78, 5) is 41.4. The Balaban J connectivity index is 1.40. The Hall–Kier alpha value is -4.93. The lowest BCUT2D eigenvalue weighted by molar-refractivity contribution is -0.385. The zero-order valence-electron chi connectivity index (χ0n) is 21.5. The molecule has 40 heavy (non-hydrogen) atoms. The zero-order valence-corrected chi connectivity index (χ0v) is 21.5. The molecule has 204 valence electrons. The normalized spacial score (nSPS) is 13.9. The van der Waals surface area contributed by atoms with Gasteiger partial charge in [-0.2, -0.15) is 9.78 Å². The van der Waals surface area contributed by atoms with E-state index < -0.39 is 23.3 Å². The number of nitro groups is 1. The van der Waals surface area contributed by atoms with Crippen molar-refractivity contribution in [1.82, 2.24) is 9.66 Å². The van der Waals surface area contributed by atoms with Crippen LogP contribution in [-0.2, 0) is 4.79 Å². The van der Waals surface area contributed by atoms with Crippen molar-refractivity contribution >= 4 is 34.4 Å². The number of halogens is 1. The molecule has 1 aliphatic rings. The first-order valence-corrected chi connectivity index (χ1v) is 12.9. The Kier molecular flexibility index (Phi) is 7.90. The number of benzene rings is 3. The number of nitrogens with zero attached hydrogens (tertiary/aromatic N) is 4. The van der Waals surface area contributed by atoms with E-state index in [1.54, 1.807) is 24.3 Å². The minimum absolute atomic E-state index is 0.0248. The zero-order chi connectivity index (χ0) is 28.1. The predicted octanol–water partition coefficient (Wildman–Crippen LogP) is 5.39. The highest BCUT2D eigenvalue weighted by atomic mass is 19.1. The standard InChI is InChI=1S/C29H26FN5O5/c30-22-11-5-7-13-24(22)32-27(36)18-40-26-15-14-19(16-25(26)35(38)39)17-31-34-28(20-8-2-1-3-9-20)33-23-12-6-4-10-21(23)29(34)37/h4-7,10-17,20H,1-3,8-9,18H2,(H,32,36). The molecule has 0 radical (unpaired) electrons. The van der Waals surface area contributed by atoms with E-state index in [2.05, 4.69) is 10.4 Å².